The van der Waals surface area contributed by atoms with E-state index in [9.17, 15) is 25.5 Å². The summed E-state index contributed by atoms with van der Waals surface area (Å²) >= 11 is 1.37. The fourth-order valence-corrected chi connectivity index (χ4v) is 3.94. The maximum Gasteiger partial charge on any atom is 0.157 e. The summed E-state index contributed by atoms with van der Waals surface area (Å²) in [6.45, 7) is 3.66. The summed E-state index contributed by atoms with van der Waals surface area (Å²) in [5, 5.41) is 49.4. The average Bonchev–Trinajstić information content (AvgIpc) is 2.56. The van der Waals surface area contributed by atoms with Crippen LogP contribution in [0.15, 0.2) is 43.0 Å². The van der Waals surface area contributed by atoms with Crippen LogP contribution in [0.2, 0.25) is 0 Å². The van der Waals surface area contributed by atoms with Crippen molar-refractivity contribution in [2.24, 2.45) is 0 Å². The Balaban J connectivity index is 2.07. The van der Waals surface area contributed by atoms with Crippen LogP contribution in [-0.4, -0.2) is 37.4 Å². The van der Waals surface area contributed by atoms with Gasteiger partial charge in [0.05, 0.1) is 10.8 Å². The van der Waals surface area contributed by atoms with Gasteiger partial charge in [0.15, 0.2) is 17.6 Å². The van der Waals surface area contributed by atoms with Crippen molar-refractivity contribution in [2.75, 3.05) is 5.75 Å². The van der Waals surface area contributed by atoms with Crippen LogP contribution >= 0.6 is 11.8 Å². The quantitative estimate of drug-likeness (QED) is 0.420. The van der Waals surface area contributed by atoms with Gasteiger partial charge in [0, 0.05) is 17.9 Å². The molecule has 0 bridgehead atoms. The first-order valence-electron chi connectivity index (χ1n) is 7.57. The molecule has 7 heteroatoms. The van der Waals surface area contributed by atoms with Crippen molar-refractivity contribution in [3.63, 3.8) is 0 Å². The van der Waals surface area contributed by atoms with E-state index in [0.29, 0.717) is 16.9 Å². The number of fused-ring (bicyclic) bond motifs is 1. The van der Waals surface area contributed by atoms with Gasteiger partial charge in [-0.05, 0) is 17.7 Å². The zero-order valence-electron chi connectivity index (χ0n) is 13.2. The van der Waals surface area contributed by atoms with E-state index in [1.807, 2.05) is 0 Å². The second-order valence-corrected chi connectivity index (χ2v) is 6.87. The lowest BCUT2D eigenvalue weighted by Crippen LogP contribution is -2.33. The highest BCUT2D eigenvalue weighted by molar-refractivity contribution is 7.99. The van der Waals surface area contributed by atoms with Crippen molar-refractivity contribution in [3.05, 3.63) is 54.1 Å². The van der Waals surface area contributed by atoms with E-state index in [2.05, 4.69) is 6.58 Å². The van der Waals surface area contributed by atoms with E-state index < -0.39 is 17.5 Å². The minimum absolute atomic E-state index is 0.160. The van der Waals surface area contributed by atoms with Crippen molar-refractivity contribution in [3.8, 4) is 28.7 Å². The number of hydrogen-bond acceptors (Lipinski definition) is 7. The number of phenols is 4. The molecule has 3 atom stereocenters. The Bertz CT molecular complexity index is 806. The van der Waals surface area contributed by atoms with Crippen molar-refractivity contribution in [1.82, 2.24) is 0 Å². The minimum Gasteiger partial charge on any atom is -0.508 e. The van der Waals surface area contributed by atoms with Gasteiger partial charge in [0.1, 0.15) is 23.4 Å². The van der Waals surface area contributed by atoms with Crippen molar-refractivity contribution >= 4 is 11.8 Å². The molecule has 1 aliphatic rings. The third kappa shape index (κ3) is 3.20. The summed E-state index contributed by atoms with van der Waals surface area (Å²) in [6, 6.07) is 6.72. The molecule has 1 unspecified atom stereocenters. The molecule has 1 aliphatic heterocycles. The van der Waals surface area contributed by atoms with Crippen LogP contribution in [-0.2, 0) is 0 Å². The highest BCUT2D eigenvalue weighted by atomic mass is 32.2. The molecule has 25 heavy (non-hydrogen) atoms. The zero-order valence-corrected chi connectivity index (χ0v) is 14.0. The minimum atomic E-state index is -1.03. The van der Waals surface area contributed by atoms with E-state index in [-0.39, 0.29) is 28.7 Å². The van der Waals surface area contributed by atoms with E-state index in [1.54, 1.807) is 6.08 Å². The summed E-state index contributed by atoms with van der Waals surface area (Å²) in [4.78, 5) is 0. The third-order valence-electron chi connectivity index (χ3n) is 3.99. The molecule has 0 aliphatic carbocycles. The number of rotatable bonds is 4. The predicted molar refractivity (Wildman–Crippen MR) is 94.3 cm³/mol. The summed E-state index contributed by atoms with van der Waals surface area (Å²) in [7, 11) is 0. The molecule has 6 nitrogen and oxygen atoms in total. The summed E-state index contributed by atoms with van der Waals surface area (Å²) in [5.74, 6) is -0.137. The van der Waals surface area contributed by atoms with Gasteiger partial charge in [0.2, 0.25) is 0 Å². The van der Waals surface area contributed by atoms with Gasteiger partial charge < -0.3 is 30.3 Å². The van der Waals surface area contributed by atoms with Gasteiger partial charge in [-0.2, -0.15) is 0 Å². The topological polar surface area (TPSA) is 110 Å². The van der Waals surface area contributed by atoms with Crippen LogP contribution in [0.5, 0.6) is 28.7 Å². The number of phenolic OH excluding ortho intramolecular Hbond substituents is 4. The molecular formula is C18H18O6S. The van der Waals surface area contributed by atoms with Crippen molar-refractivity contribution < 1.29 is 30.3 Å². The van der Waals surface area contributed by atoms with Crippen LogP contribution in [0.25, 0.3) is 0 Å². The molecule has 0 spiro atoms. The van der Waals surface area contributed by atoms with Crippen molar-refractivity contribution in [1.29, 1.82) is 0 Å². The lowest BCUT2D eigenvalue weighted by atomic mass is 9.93. The smallest absolute Gasteiger partial charge is 0.157 e. The Morgan fingerprint density at radius 3 is 2.48 bits per heavy atom. The number of aromatic hydroxyl groups is 4. The molecule has 2 aromatic carbocycles. The van der Waals surface area contributed by atoms with Gasteiger partial charge in [-0.15, -0.1) is 18.3 Å². The SMILES string of the molecule is C=CCSC1c2c(O)cc(O)cc2O[C@H](c2ccc(O)c(O)c2)[C@@H]1O. The Hall–Kier alpha value is -2.51. The largest absolute Gasteiger partial charge is 0.508 e. The van der Waals surface area contributed by atoms with Crippen LogP contribution < -0.4 is 4.74 Å². The maximum atomic E-state index is 10.8. The van der Waals surface area contributed by atoms with Crippen LogP contribution in [0.1, 0.15) is 22.5 Å². The molecule has 0 radical (unpaired) electrons. The Morgan fingerprint density at radius 1 is 1.04 bits per heavy atom. The highest BCUT2D eigenvalue weighted by Gasteiger charge is 2.40. The van der Waals surface area contributed by atoms with Gasteiger partial charge in [-0.25, -0.2) is 0 Å². The van der Waals surface area contributed by atoms with E-state index >= 15 is 0 Å². The molecule has 3 rings (SSSR count). The number of benzene rings is 2. The lowest BCUT2D eigenvalue weighted by molar-refractivity contribution is 0.0175. The molecular weight excluding hydrogens is 344 g/mol. The van der Waals surface area contributed by atoms with E-state index in [0.717, 1.165) is 0 Å². The van der Waals surface area contributed by atoms with Gasteiger partial charge in [0.25, 0.3) is 0 Å². The second kappa shape index (κ2) is 6.78. The Kier molecular flexibility index (Phi) is 4.69. The molecule has 0 saturated heterocycles. The van der Waals surface area contributed by atoms with Crippen molar-refractivity contribution in [2.45, 2.75) is 17.5 Å². The van der Waals surface area contributed by atoms with Gasteiger partial charge in [-0.1, -0.05) is 12.1 Å². The number of aliphatic hydroxyl groups is 1. The summed E-state index contributed by atoms with van der Waals surface area (Å²) in [6.07, 6.45) is -0.190. The first-order chi connectivity index (χ1) is 11.9. The Labute approximate surface area is 148 Å². The van der Waals surface area contributed by atoms with Gasteiger partial charge >= 0.3 is 0 Å². The zero-order chi connectivity index (χ0) is 18.1. The molecule has 5 N–H and O–H groups in total. The summed E-state index contributed by atoms with van der Waals surface area (Å²) < 4.78 is 5.80. The molecule has 2 aromatic rings. The molecule has 0 amide bonds. The lowest BCUT2D eigenvalue weighted by Gasteiger charge is -2.37. The van der Waals surface area contributed by atoms with Crippen LogP contribution in [0, 0.1) is 0 Å². The van der Waals surface area contributed by atoms with E-state index in [1.165, 1.54) is 42.1 Å². The fourth-order valence-electron chi connectivity index (χ4n) is 2.85. The molecule has 1 heterocycles. The van der Waals surface area contributed by atoms with Crippen LogP contribution in [0.4, 0.5) is 0 Å². The normalized spacial score (nSPS) is 22.0. The monoisotopic (exact) mass is 362 g/mol. The number of hydrogen-bond donors (Lipinski definition) is 5. The molecule has 0 aromatic heterocycles. The van der Waals surface area contributed by atoms with Gasteiger partial charge in [-0.3, -0.25) is 0 Å². The summed E-state index contributed by atoms with van der Waals surface area (Å²) in [5.41, 5.74) is 0.858. The molecule has 132 valence electrons. The predicted octanol–water partition coefficient (Wildman–Crippen LogP) is 2.96. The number of thioether (sulfide) groups is 1. The third-order valence-corrected chi connectivity index (χ3v) is 5.29. The number of aliphatic hydroxyl groups excluding tert-OH is 1. The number of ether oxygens (including phenoxy) is 1. The first-order valence-corrected chi connectivity index (χ1v) is 8.62. The second-order valence-electron chi connectivity index (χ2n) is 5.70. The average molecular weight is 362 g/mol. The standard InChI is InChI=1S/C18H18O6S/c1-2-5-25-18-15-13(22)7-10(19)8-14(15)24-17(16(18)23)9-3-4-11(20)12(21)6-9/h2-4,6-8,16-23H,1,5H2/t16-,17+,18?/m0/s1. The fraction of sp³-hybridized carbons (Fsp3) is 0.222. The van der Waals surface area contributed by atoms with Crippen LogP contribution in [0.3, 0.4) is 0 Å². The van der Waals surface area contributed by atoms with E-state index in [4.69, 9.17) is 4.74 Å². The molecule has 0 fully saturated rings. The Morgan fingerprint density at radius 2 is 1.80 bits per heavy atom. The maximum absolute atomic E-state index is 10.8. The first kappa shape index (κ1) is 17.3. The molecule has 0 saturated carbocycles. The highest BCUT2D eigenvalue weighted by Crippen LogP contribution is 2.52.